The van der Waals surface area contributed by atoms with Gasteiger partial charge in [0.25, 0.3) is 0 Å². The van der Waals surface area contributed by atoms with Gasteiger partial charge in [0, 0.05) is 30.3 Å². The number of carboxylic acid groups (broad SMARTS) is 1. The fourth-order valence-electron chi connectivity index (χ4n) is 1.84. The van der Waals surface area contributed by atoms with E-state index in [2.05, 4.69) is 4.57 Å². The quantitative estimate of drug-likeness (QED) is 0.807. The molecule has 0 amide bonds. The van der Waals surface area contributed by atoms with Gasteiger partial charge in [-0.2, -0.15) is 0 Å². The zero-order valence-corrected chi connectivity index (χ0v) is 9.72. The highest BCUT2D eigenvalue weighted by Gasteiger charge is 2.06. The van der Waals surface area contributed by atoms with Crippen molar-refractivity contribution in [3.8, 4) is 0 Å². The molecule has 0 radical (unpaired) electrons. The Morgan fingerprint density at radius 3 is 2.94 bits per heavy atom. The molecule has 0 aliphatic heterocycles. The molecule has 0 bridgehead atoms. The smallest absolute Gasteiger partial charge is 0.335 e. The van der Waals surface area contributed by atoms with E-state index in [0.717, 1.165) is 17.4 Å². The van der Waals surface area contributed by atoms with Crippen LogP contribution in [-0.4, -0.2) is 28.9 Å². The topological polar surface area (TPSA) is 51.5 Å². The maximum atomic E-state index is 10.8. The van der Waals surface area contributed by atoms with Crippen molar-refractivity contribution in [3.05, 3.63) is 36.0 Å². The average Bonchev–Trinajstić information content (AvgIpc) is 2.72. The van der Waals surface area contributed by atoms with E-state index in [1.54, 1.807) is 12.1 Å². The Bertz CT molecular complexity index is 530. The molecule has 0 atom stereocenters. The fraction of sp³-hybridized carbons (Fsp3) is 0.308. The number of nitrogens with zero attached hydrogens (tertiary/aromatic N) is 1. The van der Waals surface area contributed by atoms with E-state index in [1.807, 2.05) is 25.3 Å². The van der Waals surface area contributed by atoms with Gasteiger partial charge >= 0.3 is 5.97 Å². The van der Waals surface area contributed by atoms with Crippen LogP contribution in [0.1, 0.15) is 17.3 Å². The van der Waals surface area contributed by atoms with E-state index in [0.29, 0.717) is 18.8 Å². The number of aromatic carboxylic acids is 1. The largest absolute Gasteiger partial charge is 0.478 e. The Kier molecular flexibility index (Phi) is 3.44. The number of carbonyl (C=O) groups is 1. The zero-order valence-electron chi connectivity index (χ0n) is 9.72. The molecule has 1 heterocycles. The number of ether oxygens (including phenoxy) is 1. The molecule has 0 unspecified atom stereocenters. The lowest BCUT2D eigenvalue weighted by Crippen LogP contribution is -2.04. The predicted molar refractivity (Wildman–Crippen MR) is 65.4 cm³/mol. The third kappa shape index (κ3) is 2.47. The van der Waals surface area contributed by atoms with Crippen LogP contribution >= 0.6 is 0 Å². The van der Waals surface area contributed by atoms with Crippen molar-refractivity contribution >= 4 is 16.9 Å². The second-order valence-electron chi connectivity index (χ2n) is 3.78. The Labute approximate surface area is 99.4 Å². The highest BCUT2D eigenvalue weighted by Crippen LogP contribution is 2.17. The summed E-state index contributed by atoms with van der Waals surface area (Å²) in [7, 11) is 0. The van der Waals surface area contributed by atoms with Gasteiger partial charge in [-0.15, -0.1) is 0 Å². The van der Waals surface area contributed by atoms with E-state index >= 15 is 0 Å². The van der Waals surface area contributed by atoms with E-state index in [-0.39, 0.29) is 0 Å². The van der Waals surface area contributed by atoms with Crippen molar-refractivity contribution < 1.29 is 14.6 Å². The number of hydrogen-bond donors (Lipinski definition) is 1. The summed E-state index contributed by atoms with van der Waals surface area (Å²) < 4.78 is 7.37. The second-order valence-corrected chi connectivity index (χ2v) is 3.78. The van der Waals surface area contributed by atoms with Gasteiger partial charge in [-0.25, -0.2) is 4.79 Å². The first-order chi connectivity index (χ1) is 8.22. The van der Waals surface area contributed by atoms with Gasteiger partial charge in [-0.05, 0) is 31.2 Å². The summed E-state index contributed by atoms with van der Waals surface area (Å²) >= 11 is 0. The molecule has 0 aliphatic carbocycles. The van der Waals surface area contributed by atoms with Crippen molar-refractivity contribution in [2.24, 2.45) is 0 Å². The molecule has 1 aromatic carbocycles. The molecule has 90 valence electrons. The first-order valence-corrected chi connectivity index (χ1v) is 5.62. The van der Waals surface area contributed by atoms with Gasteiger partial charge in [0.05, 0.1) is 12.2 Å². The standard InChI is InChI=1S/C13H15NO3/c1-2-17-8-7-14-6-5-10-9-11(13(15)16)3-4-12(10)14/h3-6,9H,2,7-8H2,1H3,(H,15,16). The summed E-state index contributed by atoms with van der Waals surface area (Å²) in [6.45, 7) is 4.12. The molecule has 2 rings (SSSR count). The molecule has 0 aliphatic rings. The van der Waals surface area contributed by atoms with Crippen molar-refractivity contribution in [2.75, 3.05) is 13.2 Å². The van der Waals surface area contributed by atoms with Crippen LogP contribution in [0.25, 0.3) is 10.9 Å². The van der Waals surface area contributed by atoms with E-state index in [1.165, 1.54) is 0 Å². The maximum Gasteiger partial charge on any atom is 0.335 e. The van der Waals surface area contributed by atoms with E-state index in [4.69, 9.17) is 9.84 Å². The van der Waals surface area contributed by atoms with Gasteiger partial charge in [0.15, 0.2) is 0 Å². The number of hydrogen-bond acceptors (Lipinski definition) is 2. The van der Waals surface area contributed by atoms with Crippen molar-refractivity contribution in [2.45, 2.75) is 13.5 Å². The molecule has 0 spiro atoms. The lowest BCUT2D eigenvalue weighted by atomic mass is 10.1. The molecule has 1 aromatic heterocycles. The number of benzene rings is 1. The molecule has 0 saturated heterocycles. The summed E-state index contributed by atoms with van der Waals surface area (Å²) in [6.07, 6.45) is 1.95. The molecule has 4 heteroatoms. The summed E-state index contributed by atoms with van der Waals surface area (Å²) in [5, 5.41) is 9.84. The lowest BCUT2D eigenvalue weighted by molar-refractivity contribution is 0.0697. The van der Waals surface area contributed by atoms with Crippen molar-refractivity contribution in [1.29, 1.82) is 0 Å². The van der Waals surface area contributed by atoms with E-state index < -0.39 is 5.97 Å². The minimum absolute atomic E-state index is 0.319. The molecule has 0 fully saturated rings. The van der Waals surface area contributed by atoms with Crippen molar-refractivity contribution in [3.63, 3.8) is 0 Å². The second kappa shape index (κ2) is 5.01. The summed E-state index contributed by atoms with van der Waals surface area (Å²) in [5.41, 5.74) is 1.36. The van der Waals surface area contributed by atoms with Crippen LogP contribution in [0, 0.1) is 0 Å². The average molecular weight is 233 g/mol. The molecule has 0 saturated carbocycles. The fourth-order valence-corrected chi connectivity index (χ4v) is 1.84. The highest BCUT2D eigenvalue weighted by atomic mass is 16.5. The third-order valence-corrected chi connectivity index (χ3v) is 2.70. The summed E-state index contributed by atoms with van der Waals surface area (Å²) in [5.74, 6) is -0.894. The van der Waals surface area contributed by atoms with Crippen LogP contribution in [0.3, 0.4) is 0 Å². The first-order valence-electron chi connectivity index (χ1n) is 5.62. The Morgan fingerprint density at radius 1 is 1.41 bits per heavy atom. The molecular weight excluding hydrogens is 218 g/mol. The lowest BCUT2D eigenvalue weighted by Gasteiger charge is -2.05. The zero-order chi connectivity index (χ0) is 12.3. The van der Waals surface area contributed by atoms with Crippen LogP contribution in [0.4, 0.5) is 0 Å². The van der Waals surface area contributed by atoms with Crippen LogP contribution in [-0.2, 0) is 11.3 Å². The minimum Gasteiger partial charge on any atom is -0.478 e. The van der Waals surface area contributed by atoms with Crippen molar-refractivity contribution in [1.82, 2.24) is 4.57 Å². The van der Waals surface area contributed by atoms with Gasteiger partial charge < -0.3 is 14.4 Å². The van der Waals surface area contributed by atoms with Crippen LogP contribution in [0.2, 0.25) is 0 Å². The SMILES string of the molecule is CCOCCn1ccc2cc(C(=O)O)ccc21. The summed E-state index contributed by atoms with van der Waals surface area (Å²) in [6, 6.07) is 7.08. The van der Waals surface area contributed by atoms with Crippen LogP contribution in [0.15, 0.2) is 30.5 Å². The first kappa shape index (κ1) is 11.7. The molecule has 1 N–H and O–H groups in total. The molecule has 2 aromatic rings. The Morgan fingerprint density at radius 2 is 2.24 bits per heavy atom. The Balaban J connectivity index is 2.25. The highest BCUT2D eigenvalue weighted by molar-refractivity contribution is 5.93. The number of rotatable bonds is 5. The minimum atomic E-state index is -0.894. The molecule has 17 heavy (non-hydrogen) atoms. The van der Waals surface area contributed by atoms with Crippen LogP contribution < -0.4 is 0 Å². The summed E-state index contributed by atoms with van der Waals surface area (Å²) in [4.78, 5) is 10.8. The maximum absolute atomic E-state index is 10.8. The predicted octanol–water partition coefficient (Wildman–Crippen LogP) is 2.38. The Hall–Kier alpha value is -1.81. The van der Waals surface area contributed by atoms with Gasteiger partial charge in [-0.1, -0.05) is 0 Å². The van der Waals surface area contributed by atoms with Gasteiger partial charge in [0.2, 0.25) is 0 Å². The molecular formula is C13H15NO3. The number of carboxylic acids is 1. The van der Waals surface area contributed by atoms with Crippen LogP contribution in [0.5, 0.6) is 0 Å². The third-order valence-electron chi connectivity index (χ3n) is 2.70. The normalized spacial score (nSPS) is 10.9. The molecule has 4 nitrogen and oxygen atoms in total. The monoisotopic (exact) mass is 233 g/mol. The van der Waals surface area contributed by atoms with Gasteiger partial charge in [-0.3, -0.25) is 0 Å². The van der Waals surface area contributed by atoms with Gasteiger partial charge in [0.1, 0.15) is 0 Å². The van der Waals surface area contributed by atoms with E-state index in [9.17, 15) is 4.79 Å². The number of aromatic nitrogens is 1. The number of fused-ring (bicyclic) bond motifs is 1.